The molecule has 0 unspecified atom stereocenters. The van der Waals surface area contributed by atoms with Crippen molar-refractivity contribution >= 4 is 45.2 Å². The van der Waals surface area contributed by atoms with Crippen LogP contribution in [0.3, 0.4) is 0 Å². The molecule has 0 aliphatic carbocycles. The Labute approximate surface area is 115 Å². The first kappa shape index (κ1) is 11.1. The van der Waals surface area contributed by atoms with E-state index in [1.165, 1.54) is 6.33 Å². The minimum atomic E-state index is 0.592. The molecule has 1 heterocycles. The molecule has 5 heteroatoms. The summed E-state index contributed by atoms with van der Waals surface area (Å²) in [5.74, 6) is 1.41. The molecule has 0 radical (unpaired) electrons. The quantitative estimate of drug-likeness (QED) is 0.693. The van der Waals surface area contributed by atoms with E-state index in [2.05, 4.69) is 55.1 Å². The molecule has 0 bridgehead atoms. The van der Waals surface area contributed by atoms with Gasteiger partial charge >= 0.3 is 0 Å². The average molecular weight is 424 g/mol. The summed E-state index contributed by atoms with van der Waals surface area (Å²) < 4.78 is 7.63. The molecule has 0 fully saturated rings. The molecule has 1 aromatic carbocycles. The molecule has 0 N–H and O–H groups in total. The van der Waals surface area contributed by atoms with Crippen LogP contribution < -0.4 is 4.74 Å². The number of para-hydroxylation sites is 1. The average Bonchev–Trinajstić information content (AvgIpc) is 2.24. The van der Waals surface area contributed by atoms with Gasteiger partial charge in [0.25, 0.3) is 0 Å². The van der Waals surface area contributed by atoms with Gasteiger partial charge in [-0.15, -0.1) is 0 Å². The Morgan fingerprint density at radius 1 is 1.07 bits per heavy atom. The molecule has 0 amide bonds. The van der Waals surface area contributed by atoms with Crippen LogP contribution in [0.5, 0.6) is 11.6 Å². The third kappa shape index (κ3) is 2.77. The van der Waals surface area contributed by atoms with E-state index in [1.807, 2.05) is 24.3 Å². The summed E-state index contributed by atoms with van der Waals surface area (Å²) in [5.41, 5.74) is 0. The van der Waals surface area contributed by atoms with Gasteiger partial charge in [0.05, 0.1) is 7.14 Å². The number of ether oxygens (including phenoxy) is 1. The predicted octanol–water partition coefficient (Wildman–Crippen LogP) is 3.48. The molecular weight excluding hydrogens is 418 g/mol. The Morgan fingerprint density at radius 2 is 1.87 bits per heavy atom. The van der Waals surface area contributed by atoms with Crippen LogP contribution in [0.25, 0.3) is 0 Å². The van der Waals surface area contributed by atoms with Crippen molar-refractivity contribution in [1.82, 2.24) is 9.97 Å². The lowest BCUT2D eigenvalue weighted by Crippen LogP contribution is -1.93. The van der Waals surface area contributed by atoms with Gasteiger partial charge in [-0.05, 0) is 57.3 Å². The van der Waals surface area contributed by atoms with Crippen LogP contribution in [-0.2, 0) is 0 Å². The topological polar surface area (TPSA) is 35.0 Å². The largest absolute Gasteiger partial charge is 0.437 e. The summed E-state index contributed by atoms with van der Waals surface area (Å²) in [5, 5.41) is 0. The van der Waals surface area contributed by atoms with E-state index < -0.39 is 0 Å². The fourth-order valence-corrected chi connectivity index (χ4v) is 1.92. The van der Waals surface area contributed by atoms with Crippen LogP contribution >= 0.6 is 45.2 Å². The number of rotatable bonds is 2. The fourth-order valence-electron chi connectivity index (χ4n) is 1.01. The van der Waals surface area contributed by atoms with Gasteiger partial charge in [-0.1, -0.05) is 12.1 Å². The number of nitrogens with zero attached hydrogens (tertiary/aromatic N) is 2. The summed E-state index contributed by atoms with van der Waals surface area (Å²) in [6.45, 7) is 0. The van der Waals surface area contributed by atoms with Crippen molar-refractivity contribution in [2.24, 2.45) is 0 Å². The van der Waals surface area contributed by atoms with Crippen LogP contribution in [0.1, 0.15) is 0 Å². The van der Waals surface area contributed by atoms with Crippen LogP contribution in [0, 0.1) is 7.14 Å². The molecule has 0 saturated carbocycles. The highest BCUT2D eigenvalue weighted by Gasteiger charge is 2.05. The molecule has 2 aromatic rings. The van der Waals surface area contributed by atoms with E-state index in [0.29, 0.717) is 5.88 Å². The molecule has 3 nitrogen and oxygen atoms in total. The van der Waals surface area contributed by atoms with Gasteiger partial charge in [-0.25, -0.2) is 9.97 Å². The maximum absolute atomic E-state index is 5.67. The van der Waals surface area contributed by atoms with Gasteiger partial charge in [-0.3, -0.25) is 0 Å². The summed E-state index contributed by atoms with van der Waals surface area (Å²) in [7, 11) is 0. The molecule has 1 aromatic heterocycles. The van der Waals surface area contributed by atoms with Crippen molar-refractivity contribution < 1.29 is 4.74 Å². The third-order valence-electron chi connectivity index (χ3n) is 1.68. The van der Waals surface area contributed by atoms with E-state index >= 15 is 0 Å². The van der Waals surface area contributed by atoms with Crippen molar-refractivity contribution in [1.29, 1.82) is 0 Å². The van der Waals surface area contributed by atoms with Crippen molar-refractivity contribution in [2.45, 2.75) is 0 Å². The van der Waals surface area contributed by atoms with Crippen molar-refractivity contribution in [3.05, 3.63) is 43.9 Å². The second kappa shape index (κ2) is 5.06. The lowest BCUT2D eigenvalue weighted by atomic mass is 10.3. The Bertz CT molecular complexity index is 433. The van der Waals surface area contributed by atoms with Gasteiger partial charge < -0.3 is 4.74 Å². The standard InChI is InChI=1S/C10H6I2N2O/c11-7-3-1-2-4-9(7)15-10-8(12)5-13-6-14-10/h1-6H. The third-order valence-corrected chi connectivity index (χ3v) is 3.31. The molecule has 0 saturated heterocycles. The zero-order chi connectivity index (χ0) is 10.7. The van der Waals surface area contributed by atoms with E-state index in [4.69, 9.17) is 4.74 Å². The molecule has 76 valence electrons. The number of benzene rings is 1. The lowest BCUT2D eigenvalue weighted by molar-refractivity contribution is 0.454. The first-order valence-electron chi connectivity index (χ1n) is 4.15. The van der Waals surface area contributed by atoms with Crippen molar-refractivity contribution in [3.63, 3.8) is 0 Å². The second-order valence-electron chi connectivity index (χ2n) is 2.71. The smallest absolute Gasteiger partial charge is 0.235 e. The van der Waals surface area contributed by atoms with Crippen LogP contribution in [-0.4, -0.2) is 9.97 Å². The molecule has 0 atom stereocenters. The molecular formula is C10H6I2N2O. The van der Waals surface area contributed by atoms with Crippen LogP contribution in [0.2, 0.25) is 0 Å². The maximum atomic E-state index is 5.67. The van der Waals surface area contributed by atoms with E-state index in [9.17, 15) is 0 Å². The first-order valence-corrected chi connectivity index (χ1v) is 6.31. The number of halogens is 2. The van der Waals surface area contributed by atoms with Crippen LogP contribution in [0.15, 0.2) is 36.8 Å². The predicted molar refractivity (Wildman–Crippen MR) is 74.0 cm³/mol. The summed E-state index contributed by atoms with van der Waals surface area (Å²) in [6, 6.07) is 7.81. The first-order chi connectivity index (χ1) is 7.27. The molecule has 0 aliphatic rings. The molecule has 0 aliphatic heterocycles. The normalized spacial score (nSPS) is 10.0. The Morgan fingerprint density at radius 3 is 2.60 bits per heavy atom. The van der Waals surface area contributed by atoms with Gasteiger partial charge in [0.2, 0.25) is 5.88 Å². The van der Waals surface area contributed by atoms with E-state index in [1.54, 1.807) is 6.20 Å². The minimum Gasteiger partial charge on any atom is -0.437 e. The highest BCUT2D eigenvalue weighted by molar-refractivity contribution is 14.1. The molecule has 15 heavy (non-hydrogen) atoms. The highest BCUT2D eigenvalue weighted by atomic mass is 127. The van der Waals surface area contributed by atoms with E-state index in [0.717, 1.165) is 12.9 Å². The number of aromatic nitrogens is 2. The van der Waals surface area contributed by atoms with Crippen molar-refractivity contribution in [3.8, 4) is 11.6 Å². The van der Waals surface area contributed by atoms with Crippen molar-refractivity contribution in [2.75, 3.05) is 0 Å². The van der Waals surface area contributed by atoms with Crippen LogP contribution in [0.4, 0.5) is 0 Å². The minimum absolute atomic E-state index is 0.592. The van der Waals surface area contributed by atoms with E-state index in [-0.39, 0.29) is 0 Å². The Hall–Kier alpha value is -0.440. The molecule has 2 rings (SSSR count). The monoisotopic (exact) mass is 424 g/mol. The Balaban J connectivity index is 2.30. The van der Waals surface area contributed by atoms with Gasteiger partial charge in [-0.2, -0.15) is 0 Å². The zero-order valence-corrected chi connectivity index (χ0v) is 11.8. The summed E-state index contributed by atoms with van der Waals surface area (Å²) >= 11 is 4.37. The fraction of sp³-hybridized carbons (Fsp3) is 0. The van der Waals surface area contributed by atoms with Gasteiger partial charge in [0.15, 0.2) is 0 Å². The maximum Gasteiger partial charge on any atom is 0.235 e. The second-order valence-corrected chi connectivity index (χ2v) is 5.03. The number of hydrogen-bond donors (Lipinski definition) is 0. The Kier molecular flexibility index (Phi) is 3.73. The summed E-state index contributed by atoms with van der Waals surface area (Å²) in [6.07, 6.45) is 3.20. The van der Waals surface area contributed by atoms with Gasteiger partial charge in [0, 0.05) is 6.20 Å². The SMILES string of the molecule is Ic1ccccc1Oc1ncncc1I. The summed E-state index contributed by atoms with van der Waals surface area (Å²) in [4.78, 5) is 7.98. The van der Waals surface area contributed by atoms with Gasteiger partial charge in [0.1, 0.15) is 12.1 Å². The number of hydrogen-bond acceptors (Lipinski definition) is 3. The highest BCUT2D eigenvalue weighted by Crippen LogP contribution is 2.27. The lowest BCUT2D eigenvalue weighted by Gasteiger charge is -2.06. The zero-order valence-electron chi connectivity index (χ0n) is 7.52. The molecule has 0 spiro atoms.